The van der Waals surface area contributed by atoms with Gasteiger partial charge in [-0.15, -0.1) is 0 Å². The first-order chi connectivity index (χ1) is 14.8. The number of aromatic hydroxyl groups is 1. The number of benzene rings is 1. The van der Waals surface area contributed by atoms with E-state index in [0.29, 0.717) is 24.8 Å². The number of hydrogen-bond acceptors (Lipinski definition) is 5. The maximum absolute atomic E-state index is 13.8. The van der Waals surface area contributed by atoms with Crippen molar-refractivity contribution in [3.63, 3.8) is 0 Å². The van der Waals surface area contributed by atoms with Crippen molar-refractivity contribution in [2.75, 3.05) is 7.05 Å². The van der Waals surface area contributed by atoms with Crippen molar-refractivity contribution in [2.24, 2.45) is 0 Å². The lowest BCUT2D eigenvalue weighted by Gasteiger charge is -2.34. The number of amides is 1. The Morgan fingerprint density at radius 3 is 2.48 bits per heavy atom. The summed E-state index contributed by atoms with van der Waals surface area (Å²) in [6.45, 7) is -0.644. The zero-order chi connectivity index (χ0) is 22.7. The molecule has 1 aromatic heterocycles. The van der Waals surface area contributed by atoms with Gasteiger partial charge >= 0.3 is 0 Å². The number of hydrogen-bond donors (Lipinski definition) is 3. The van der Waals surface area contributed by atoms with E-state index in [9.17, 15) is 32.7 Å². The predicted molar refractivity (Wildman–Crippen MR) is 106 cm³/mol. The molecule has 1 fully saturated rings. The lowest BCUT2D eigenvalue weighted by molar-refractivity contribution is 0.0945. The molecule has 166 valence electrons. The number of likely N-dealkylation sites (N-methyl/N-ethyl adjacent to an activating group) is 1. The van der Waals surface area contributed by atoms with E-state index in [2.05, 4.69) is 10.6 Å². The third-order valence-electron chi connectivity index (χ3n) is 5.59. The fraction of sp³-hybridized carbons (Fsp3) is 0.381. The fourth-order valence-corrected chi connectivity index (χ4v) is 3.97. The molecule has 31 heavy (non-hydrogen) atoms. The molecule has 1 saturated carbocycles. The molecule has 1 aliphatic rings. The highest BCUT2D eigenvalue weighted by Crippen LogP contribution is 2.31. The van der Waals surface area contributed by atoms with Crippen LogP contribution in [0.1, 0.15) is 58.1 Å². The average molecular weight is 437 g/mol. The van der Waals surface area contributed by atoms with Crippen LogP contribution in [-0.2, 0) is 6.54 Å². The Balaban J connectivity index is 1.95. The molecule has 3 N–H and O–H groups in total. The van der Waals surface area contributed by atoms with Gasteiger partial charge in [-0.1, -0.05) is 12.8 Å². The van der Waals surface area contributed by atoms with Crippen LogP contribution in [0, 0.1) is 17.5 Å². The second-order valence-corrected chi connectivity index (χ2v) is 7.41. The van der Waals surface area contributed by atoms with Crippen LogP contribution in [0.25, 0.3) is 0 Å². The Labute approximate surface area is 175 Å². The number of carbonyl (C=O) groups excluding carboxylic acids is 2. The molecular weight excluding hydrogens is 415 g/mol. The molecule has 1 aromatic carbocycles. The van der Waals surface area contributed by atoms with Gasteiger partial charge < -0.3 is 20.3 Å². The summed E-state index contributed by atoms with van der Waals surface area (Å²) >= 11 is 0. The van der Waals surface area contributed by atoms with Crippen LogP contribution in [0.3, 0.4) is 0 Å². The molecule has 0 aliphatic heterocycles. The number of pyridine rings is 1. The van der Waals surface area contributed by atoms with Gasteiger partial charge in [0, 0.05) is 42.5 Å². The first-order valence-corrected chi connectivity index (χ1v) is 9.80. The number of aldehydes is 1. The van der Waals surface area contributed by atoms with Crippen molar-refractivity contribution in [3.05, 3.63) is 62.8 Å². The summed E-state index contributed by atoms with van der Waals surface area (Å²) in [7, 11) is 1.76. The lowest BCUT2D eigenvalue weighted by Crippen LogP contribution is -2.40. The molecule has 10 heteroatoms. The second kappa shape index (κ2) is 9.34. The number of aromatic nitrogens is 1. The number of rotatable bonds is 6. The van der Waals surface area contributed by atoms with E-state index in [0.717, 1.165) is 19.3 Å². The molecule has 0 spiro atoms. The zero-order valence-electron chi connectivity index (χ0n) is 16.8. The molecule has 1 aliphatic carbocycles. The Morgan fingerprint density at radius 2 is 1.87 bits per heavy atom. The summed E-state index contributed by atoms with van der Waals surface area (Å²) in [5, 5.41) is 15.6. The molecule has 1 amide bonds. The van der Waals surface area contributed by atoms with Gasteiger partial charge in [-0.3, -0.25) is 14.4 Å². The quantitative estimate of drug-likeness (QED) is 0.603. The van der Waals surface area contributed by atoms with Gasteiger partial charge in [-0.25, -0.2) is 13.2 Å². The molecule has 0 saturated heterocycles. The van der Waals surface area contributed by atoms with E-state index in [1.165, 1.54) is 10.8 Å². The van der Waals surface area contributed by atoms with Gasteiger partial charge in [0.2, 0.25) is 5.43 Å². The molecule has 3 rings (SSSR count). The van der Waals surface area contributed by atoms with Gasteiger partial charge in [-0.2, -0.15) is 0 Å². The van der Waals surface area contributed by atoms with E-state index in [4.69, 9.17) is 0 Å². The van der Waals surface area contributed by atoms with Crippen molar-refractivity contribution < 1.29 is 27.9 Å². The van der Waals surface area contributed by atoms with E-state index < -0.39 is 52.2 Å². The van der Waals surface area contributed by atoms with Crippen LogP contribution in [-0.4, -0.2) is 35.0 Å². The van der Waals surface area contributed by atoms with Crippen LogP contribution in [0.4, 0.5) is 13.2 Å². The van der Waals surface area contributed by atoms with E-state index in [1.807, 2.05) is 0 Å². The third kappa shape index (κ3) is 4.48. The number of carbonyl (C=O) groups is 2. The summed E-state index contributed by atoms with van der Waals surface area (Å²) in [5.41, 5.74) is -2.38. The highest BCUT2D eigenvalue weighted by atomic mass is 19.1. The molecule has 0 bridgehead atoms. The van der Waals surface area contributed by atoms with Crippen LogP contribution >= 0.6 is 0 Å². The SMILES string of the molecule is CNC1CCCC[C@@H]1n1cc(C(=O)NCc2c(F)cc(F)cc2F)c(=O)c(O)c1C=O. The van der Waals surface area contributed by atoms with Crippen molar-refractivity contribution in [1.82, 2.24) is 15.2 Å². The average Bonchev–Trinajstić information content (AvgIpc) is 2.74. The summed E-state index contributed by atoms with van der Waals surface area (Å²) in [6.07, 6.45) is 4.81. The Kier molecular flexibility index (Phi) is 6.79. The minimum absolute atomic E-state index is 0.0485. The summed E-state index contributed by atoms with van der Waals surface area (Å²) in [6, 6.07) is 0.614. The molecule has 7 nitrogen and oxygen atoms in total. The summed E-state index contributed by atoms with van der Waals surface area (Å²) in [4.78, 5) is 36.7. The second-order valence-electron chi connectivity index (χ2n) is 7.41. The minimum Gasteiger partial charge on any atom is -0.503 e. The predicted octanol–water partition coefficient (Wildman–Crippen LogP) is 2.42. The van der Waals surface area contributed by atoms with Gasteiger partial charge in [0.05, 0.1) is 0 Å². The van der Waals surface area contributed by atoms with Crippen LogP contribution < -0.4 is 16.1 Å². The van der Waals surface area contributed by atoms with Gasteiger partial charge in [-0.05, 0) is 19.9 Å². The monoisotopic (exact) mass is 437 g/mol. The van der Waals surface area contributed by atoms with Crippen molar-refractivity contribution >= 4 is 12.2 Å². The van der Waals surface area contributed by atoms with Gasteiger partial charge in [0.15, 0.2) is 12.0 Å². The largest absolute Gasteiger partial charge is 0.503 e. The number of nitrogens with one attached hydrogen (secondary N) is 2. The van der Waals surface area contributed by atoms with Crippen molar-refractivity contribution in [3.8, 4) is 5.75 Å². The summed E-state index contributed by atoms with van der Waals surface area (Å²) < 4.78 is 42.1. The lowest BCUT2D eigenvalue weighted by atomic mass is 9.89. The third-order valence-corrected chi connectivity index (χ3v) is 5.59. The minimum atomic E-state index is -1.19. The Hall–Kier alpha value is -3.14. The van der Waals surface area contributed by atoms with Crippen molar-refractivity contribution in [1.29, 1.82) is 0 Å². The standard InChI is InChI=1S/C21H22F3N3O4/c1-25-16-4-2-3-5-17(16)27-9-13(19(29)20(30)18(27)10-28)21(31)26-8-12-14(23)6-11(22)7-15(12)24/h6-7,9-10,16-17,25,30H,2-5,8H2,1H3,(H,26,31)/t16?,17-/m0/s1. The first-order valence-electron chi connectivity index (χ1n) is 9.80. The topological polar surface area (TPSA) is 100 Å². The number of nitrogens with zero attached hydrogens (tertiary/aromatic N) is 1. The molecule has 1 unspecified atom stereocenters. The maximum atomic E-state index is 13.8. The number of halogens is 3. The van der Waals surface area contributed by atoms with E-state index in [-0.39, 0.29) is 17.8 Å². The maximum Gasteiger partial charge on any atom is 0.257 e. The van der Waals surface area contributed by atoms with Gasteiger partial charge in [0.1, 0.15) is 28.7 Å². The zero-order valence-corrected chi connectivity index (χ0v) is 16.8. The van der Waals surface area contributed by atoms with Crippen LogP contribution in [0.15, 0.2) is 23.1 Å². The van der Waals surface area contributed by atoms with Gasteiger partial charge in [0.25, 0.3) is 5.91 Å². The van der Waals surface area contributed by atoms with Crippen LogP contribution in [0.2, 0.25) is 0 Å². The highest BCUT2D eigenvalue weighted by molar-refractivity contribution is 5.95. The Morgan fingerprint density at radius 1 is 1.23 bits per heavy atom. The Bertz CT molecular complexity index is 1050. The van der Waals surface area contributed by atoms with Crippen molar-refractivity contribution in [2.45, 2.75) is 44.3 Å². The molecule has 0 radical (unpaired) electrons. The molecule has 2 aromatic rings. The molecule has 2 atom stereocenters. The smallest absolute Gasteiger partial charge is 0.257 e. The fourth-order valence-electron chi connectivity index (χ4n) is 3.97. The van der Waals surface area contributed by atoms with E-state index >= 15 is 0 Å². The summed E-state index contributed by atoms with van der Waals surface area (Å²) in [5.74, 6) is -5.34. The van der Waals surface area contributed by atoms with Crippen LogP contribution in [0.5, 0.6) is 5.75 Å². The first kappa shape index (κ1) is 22.5. The van der Waals surface area contributed by atoms with E-state index in [1.54, 1.807) is 7.05 Å². The molecule has 1 heterocycles. The molecular formula is C21H22F3N3O4. The normalized spacial score (nSPS) is 18.6. The highest BCUT2D eigenvalue weighted by Gasteiger charge is 2.29.